The van der Waals surface area contributed by atoms with E-state index in [1.807, 2.05) is 12.1 Å². The van der Waals surface area contributed by atoms with Gasteiger partial charge in [-0.15, -0.1) is 0 Å². The predicted molar refractivity (Wildman–Crippen MR) is 85.2 cm³/mol. The summed E-state index contributed by atoms with van der Waals surface area (Å²) >= 11 is 0. The molecule has 0 spiro atoms. The molecule has 1 amide bonds. The molecule has 0 radical (unpaired) electrons. The Kier molecular flexibility index (Phi) is 6.02. The molecule has 1 fully saturated rings. The molecule has 1 aromatic rings. The molecular formula is C16H25N3O2. The van der Waals surface area contributed by atoms with Crippen molar-refractivity contribution in [3.63, 3.8) is 0 Å². The van der Waals surface area contributed by atoms with E-state index < -0.39 is 0 Å². The second kappa shape index (κ2) is 8.00. The second-order valence-electron chi connectivity index (χ2n) is 5.48. The number of carbonyl (C=O) groups is 1. The van der Waals surface area contributed by atoms with E-state index in [0.29, 0.717) is 18.2 Å². The van der Waals surface area contributed by atoms with Crippen molar-refractivity contribution in [1.82, 2.24) is 4.90 Å². The SMILES string of the molecule is CCC1CN(CCCC(=O)Nc2ccc(N)cc2)CCO1. The Balaban J connectivity index is 1.66. The average Bonchev–Trinajstić information content (AvgIpc) is 2.50. The predicted octanol–water partition coefficient (Wildman–Crippen LogP) is 2.10. The number of morpholine rings is 1. The summed E-state index contributed by atoms with van der Waals surface area (Å²) in [6, 6.07) is 7.21. The number of nitrogens with two attached hydrogens (primary N) is 1. The highest BCUT2D eigenvalue weighted by molar-refractivity contribution is 5.90. The van der Waals surface area contributed by atoms with Gasteiger partial charge in [0.05, 0.1) is 12.7 Å². The summed E-state index contributed by atoms with van der Waals surface area (Å²) in [5.41, 5.74) is 7.11. The number of nitrogen functional groups attached to an aromatic ring is 1. The third kappa shape index (κ3) is 5.36. The van der Waals surface area contributed by atoms with E-state index in [9.17, 15) is 4.79 Å². The lowest BCUT2D eigenvalue weighted by Crippen LogP contribution is -2.42. The van der Waals surface area contributed by atoms with Crippen molar-refractivity contribution in [2.45, 2.75) is 32.3 Å². The summed E-state index contributed by atoms with van der Waals surface area (Å²) in [6.45, 7) is 5.85. The Morgan fingerprint density at radius 3 is 2.90 bits per heavy atom. The molecule has 3 N–H and O–H groups in total. The molecule has 0 saturated carbocycles. The summed E-state index contributed by atoms with van der Waals surface area (Å²) in [6.07, 6.45) is 2.81. The van der Waals surface area contributed by atoms with E-state index in [2.05, 4.69) is 17.1 Å². The van der Waals surface area contributed by atoms with E-state index in [1.54, 1.807) is 12.1 Å². The molecule has 1 aliphatic heterocycles. The molecule has 0 aliphatic carbocycles. The van der Waals surface area contributed by atoms with E-state index in [1.165, 1.54) is 0 Å². The third-order valence-corrected chi connectivity index (χ3v) is 3.75. The van der Waals surface area contributed by atoms with E-state index >= 15 is 0 Å². The Labute approximate surface area is 126 Å². The molecule has 21 heavy (non-hydrogen) atoms. The number of ether oxygens (including phenoxy) is 1. The first-order chi connectivity index (χ1) is 10.2. The number of rotatable bonds is 6. The van der Waals surface area contributed by atoms with Crippen molar-refractivity contribution in [1.29, 1.82) is 0 Å². The zero-order valence-corrected chi connectivity index (χ0v) is 12.7. The van der Waals surface area contributed by atoms with Crippen LogP contribution in [0.4, 0.5) is 11.4 Å². The number of amides is 1. The first kappa shape index (κ1) is 15.8. The Morgan fingerprint density at radius 1 is 1.43 bits per heavy atom. The monoisotopic (exact) mass is 291 g/mol. The van der Waals surface area contributed by atoms with Crippen molar-refractivity contribution in [3.05, 3.63) is 24.3 Å². The van der Waals surface area contributed by atoms with Crippen LogP contribution in [0.2, 0.25) is 0 Å². The lowest BCUT2D eigenvalue weighted by atomic mass is 10.2. The van der Waals surface area contributed by atoms with Gasteiger partial charge in [-0.25, -0.2) is 0 Å². The van der Waals surface area contributed by atoms with Gasteiger partial charge in [0, 0.05) is 30.9 Å². The standard InChI is InChI=1S/C16H25N3O2/c1-2-15-12-19(10-11-21-15)9-3-4-16(20)18-14-7-5-13(17)6-8-14/h5-8,15H,2-4,9-12,17H2,1H3,(H,18,20). The molecule has 1 aliphatic rings. The largest absolute Gasteiger partial charge is 0.399 e. The normalized spacial score (nSPS) is 19.4. The first-order valence-corrected chi connectivity index (χ1v) is 7.66. The molecular weight excluding hydrogens is 266 g/mol. The van der Waals surface area contributed by atoms with Crippen LogP contribution in [0, 0.1) is 0 Å². The summed E-state index contributed by atoms with van der Waals surface area (Å²) in [5, 5.41) is 2.89. The van der Waals surface area contributed by atoms with Crippen molar-refractivity contribution in [2.75, 3.05) is 37.3 Å². The van der Waals surface area contributed by atoms with Crippen molar-refractivity contribution < 1.29 is 9.53 Å². The average molecular weight is 291 g/mol. The van der Waals surface area contributed by atoms with Crippen LogP contribution in [0.5, 0.6) is 0 Å². The number of carbonyl (C=O) groups excluding carboxylic acids is 1. The van der Waals surface area contributed by atoms with Gasteiger partial charge in [0.25, 0.3) is 0 Å². The van der Waals surface area contributed by atoms with Crippen LogP contribution in [0.25, 0.3) is 0 Å². The maximum absolute atomic E-state index is 11.9. The van der Waals surface area contributed by atoms with Crippen LogP contribution in [-0.2, 0) is 9.53 Å². The van der Waals surface area contributed by atoms with Crippen molar-refractivity contribution >= 4 is 17.3 Å². The fourth-order valence-corrected chi connectivity index (χ4v) is 2.48. The van der Waals surface area contributed by atoms with Gasteiger partial charge in [-0.05, 0) is 43.7 Å². The van der Waals surface area contributed by atoms with Gasteiger partial charge >= 0.3 is 0 Å². The van der Waals surface area contributed by atoms with Gasteiger partial charge in [0.2, 0.25) is 5.91 Å². The summed E-state index contributed by atoms with van der Waals surface area (Å²) in [4.78, 5) is 14.3. The number of hydrogen-bond acceptors (Lipinski definition) is 4. The van der Waals surface area contributed by atoms with Crippen LogP contribution in [-0.4, -0.2) is 43.2 Å². The third-order valence-electron chi connectivity index (χ3n) is 3.75. The molecule has 1 unspecified atom stereocenters. The van der Waals surface area contributed by atoms with Crippen LogP contribution in [0.3, 0.4) is 0 Å². The van der Waals surface area contributed by atoms with Gasteiger partial charge in [-0.3, -0.25) is 9.69 Å². The van der Waals surface area contributed by atoms with Crippen LogP contribution in [0.15, 0.2) is 24.3 Å². The topological polar surface area (TPSA) is 67.6 Å². The fraction of sp³-hybridized carbons (Fsp3) is 0.562. The minimum atomic E-state index is 0.0556. The lowest BCUT2D eigenvalue weighted by Gasteiger charge is -2.32. The fourth-order valence-electron chi connectivity index (χ4n) is 2.48. The minimum Gasteiger partial charge on any atom is -0.399 e. The maximum Gasteiger partial charge on any atom is 0.224 e. The highest BCUT2D eigenvalue weighted by Crippen LogP contribution is 2.12. The lowest BCUT2D eigenvalue weighted by molar-refractivity contribution is -0.116. The van der Waals surface area contributed by atoms with Gasteiger partial charge in [-0.2, -0.15) is 0 Å². The highest BCUT2D eigenvalue weighted by Gasteiger charge is 2.18. The number of nitrogens with zero attached hydrogens (tertiary/aromatic N) is 1. The van der Waals surface area contributed by atoms with E-state index in [-0.39, 0.29) is 5.91 Å². The quantitative estimate of drug-likeness (QED) is 0.788. The molecule has 1 aromatic carbocycles. The molecule has 116 valence electrons. The van der Waals surface area contributed by atoms with Crippen LogP contribution >= 0.6 is 0 Å². The first-order valence-electron chi connectivity index (χ1n) is 7.66. The van der Waals surface area contributed by atoms with E-state index in [0.717, 1.165) is 44.8 Å². The summed E-state index contributed by atoms with van der Waals surface area (Å²) < 4.78 is 5.64. The van der Waals surface area contributed by atoms with Gasteiger partial charge in [0.15, 0.2) is 0 Å². The van der Waals surface area contributed by atoms with E-state index in [4.69, 9.17) is 10.5 Å². The van der Waals surface area contributed by atoms with Gasteiger partial charge in [-0.1, -0.05) is 6.92 Å². The van der Waals surface area contributed by atoms with Crippen molar-refractivity contribution in [3.8, 4) is 0 Å². The van der Waals surface area contributed by atoms with Gasteiger partial charge in [0.1, 0.15) is 0 Å². The molecule has 5 heteroatoms. The number of hydrogen-bond donors (Lipinski definition) is 2. The molecule has 0 bridgehead atoms. The molecule has 1 atom stereocenters. The number of nitrogens with one attached hydrogen (secondary N) is 1. The number of anilines is 2. The smallest absolute Gasteiger partial charge is 0.224 e. The number of benzene rings is 1. The van der Waals surface area contributed by atoms with Crippen molar-refractivity contribution in [2.24, 2.45) is 0 Å². The zero-order chi connectivity index (χ0) is 15.1. The molecule has 0 aromatic heterocycles. The van der Waals surface area contributed by atoms with Gasteiger partial charge < -0.3 is 15.8 Å². The second-order valence-corrected chi connectivity index (χ2v) is 5.48. The highest BCUT2D eigenvalue weighted by atomic mass is 16.5. The Bertz CT molecular complexity index is 447. The summed E-state index contributed by atoms with van der Waals surface area (Å²) in [7, 11) is 0. The minimum absolute atomic E-state index is 0.0556. The zero-order valence-electron chi connectivity index (χ0n) is 12.7. The summed E-state index contributed by atoms with van der Waals surface area (Å²) in [5.74, 6) is 0.0556. The molecule has 2 rings (SSSR count). The molecule has 1 heterocycles. The van der Waals surface area contributed by atoms with Crippen LogP contribution < -0.4 is 11.1 Å². The molecule has 1 saturated heterocycles. The maximum atomic E-state index is 11.9. The Morgan fingerprint density at radius 2 is 2.19 bits per heavy atom. The van der Waals surface area contributed by atoms with Crippen LogP contribution in [0.1, 0.15) is 26.2 Å². The molecule has 5 nitrogen and oxygen atoms in total. The Hall–Kier alpha value is -1.59.